The number of halogens is 2. The molecule has 20 heavy (non-hydrogen) atoms. The van der Waals surface area contributed by atoms with Crippen molar-refractivity contribution in [2.75, 3.05) is 10.7 Å². The highest BCUT2D eigenvalue weighted by Gasteiger charge is 2.15. The Morgan fingerprint density at radius 1 is 1.25 bits per heavy atom. The van der Waals surface area contributed by atoms with E-state index in [0.29, 0.717) is 11.6 Å². The van der Waals surface area contributed by atoms with Gasteiger partial charge in [-0.15, -0.1) is 0 Å². The van der Waals surface area contributed by atoms with E-state index in [1.807, 2.05) is 13.8 Å². The summed E-state index contributed by atoms with van der Waals surface area (Å²) in [6, 6.07) is 4.54. The quantitative estimate of drug-likeness (QED) is 0.426. The average Bonchev–Trinajstić information content (AvgIpc) is 2.41. The van der Waals surface area contributed by atoms with Crippen LogP contribution in [0.5, 0.6) is 0 Å². The van der Waals surface area contributed by atoms with Crippen molar-refractivity contribution in [1.82, 2.24) is 9.97 Å². The third-order valence-corrected chi connectivity index (χ3v) is 3.67. The molecule has 0 saturated heterocycles. The van der Waals surface area contributed by atoms with Crippen molar-refractivity contribution >= 4 is 39.9 Å². The molecule has 0 fully saturated rings. The van der Waals surface area contributed by atoms with E-state index in [9.17, 15) is 4.39 Å². The van der Waals surface area contributed by atoms with E-state index in [1.54, 1.807) is 6.07 Å². The van der Waals surface area contributed by atoms with Crippen LogP contribution in [0.25, 0.3) is 0 Å². The van der Waals surface area contributed by atoms with Gasteiger partial charge >= 0.3 is 0 Å². The topological polar surface area (TPSA) is 75.9 Å². The van der Waals surface area contributed by atoms with Gasteiger partial charge in [0.1, 0.15) is 23.8 Å². The highest BCUT2D eigenvalue weighted by atomic mass is 127. The number of hydrogen-bond donors (Lipinski definition) is 3. The van der Waals surface area contributed by atoms with Crippen molar-refractivity contribution in [3.05, 3.63) is 39.5 Å². The summed E-state index contributed by atoms with van der Waals surface area (Å²) in [7, 11) is 0. The molecule has 0 saturated carbocycles. The minimum absolute atomic E-state index is 0.183. The zero-order valence-corrected chi connectivity index (χ0v) is 13.3. The standard InChI is InChI=1S/C13H15FIN5/c1-7(2)11-12(17-6-18-13(11)20-16)19-10-4-3-8(14)5-9(10)15/h3-7H,16H2,1-2H3,(H2,17,18,19,20). The van der Waals surface area contributed by atoms with Crippen LogP contribution in [0.2, 0.25) is 0 Å². The summed E-state index contributed by atoms with van der Waals surface area (Å²) >= 11 is 2.07. The Morgan fingerprint density at radius 3 is 2.55 bits per heavy atom. The lowest BCUT2D eigenvalue weighted by molar-refractivity contribution is 0.627. The summed E-state index contributed by atoms with van der Waals surface area (Å²) in [6.45, 7) is 4.06. The first kappa shape index (κ1) is 14.9. The maximum Gasteiger partial charge on any atom is 0.148 e. The molecule has 0 aliphatic heterocycles. The zero-order chi connectivity index (χ0) is 14.7. The molecule has 0 aliphatic rings. The van der Waals surface area contributed by atoms with Crippen LogP contribution in [0.1, 0.15) is 25.3 Å². The molecule has 4 N–H and O–H groups in total. The minimum atomic E-state index is -0.268. The molecule has 106 valence electrons. The summed E-state index contributed by atoms with van der Waals surface area (Å²) in [6.07, 6.45) is 1.43. The maximum absolute atomic E-state index is 13.1. The molecule has 2 rings (SSSR count). The summed E-state index contributed by atoms with van der Waals surface area (Å²) in [5.41, 5.74) is 4.25. The fourth-order valence-electron chi connectivity index (χ4n) is 1.88. The Bertz CT molecular complexity index is 618. The lowest BCUT2D eigenvalue weighted by atomic mass is 10.0. The van der Waals surface area contributed by atoms with Crippen LogP contribution in [0.15, 0.2) is 24.5 Å². The minimum Gasteiger partial charge on any atom is -0.339 e. The second kappa shape index (κ2) is 6.31. The molecule has 5 nitrogen and oxygen atoms in total. The van der Waals surface area contributed by atoms with E-state index in [1.165, 1.54) is 18.5 Å². The van der Waals surface area contributed by atoms with Gasteiger partial charge in [0.2, 0.25) is 0 Å². The second-order valence-corrected chi connectivity index (χ2v) is 5.69. The zero-order valence-electron chi connectivity index (χ0n) is 11.1. The van der Waals surface area contributed by atoms with Gasteiger partial charge in [0.25, 0.3) is 0 Å². The van der Waals surface area contributed by atoms with E-state index in [0.717, 1.165) is 14.8 Å². The number of aromatic nitrogens is 2. The van der Waals surface area contributed by atoms with Crippen LogP contribution in [0.3, 0.4) is 0 Å². The first-order valence-electron chi connectivity index (χ1n) is 6.06. The highest BCUT2D eigenvalue weighted by molar-refractivity contribution is 14.1. The molecular weight excluding hydrogens is 372 g/mol. The molecule has 0 unspecified atom stereocenters. The van der Waals surface area contributed by atoms with Crippen molar-refractivity contribution in [2.45, 2.75) is 19.8 Å². The number of hydrogen-bond acceptors (Lipinski definition) is 5. The van der Waals surface area contributed by atoms with E-state index in [-0.39, 0.29) is 11.7 Å². The maximum atomic E-state index is 13.1. The first-order chi connectivity index (χ1) is 9.52. The van der Waals surface area contributed by atoms with Crippen molar-refractivity contribution in [3.63, 3.8) is 0 Å². The lowest BCUT2D eigenvalue weighted by Crippen LogP contribution is -2.14. The van der Waals surface area contributed by atoms with Crippen LogP contribution < -0.4 is 16.6 Å². The van der Waals surface area contributed by atoms with E-state index in [2.05, 4.69) is 43.3 Å². The third kappa shape index (κ3) is 3.15. The number of nitrogens with zero attached hydrogens (tertiary/aromatic N) is 2. The molecule has 0 aliphatic carbocycles. The molecule has 0 atom stereocenters. The summed E-state index contributed by atoms with van der Waals surface area (Å²) < 4.78 is 13.9. The Morgan fingerprint density at radius 2 is 1.95 bits per heavy atom. The number of nitrogens with one attached hydrogen (secondary N) is 2. The number of nitrogens with two attached hydrogens (primary N) is 1. The molecule has 0 radical (unpaired) electrons. The van der Waals surface area contributed by atoms with Gasteiger partial charge in [0, 0.05) is 9.13 Å². The Hall–Kier alpha value is -1.48. The highest BCUT2D eigenvalue weighted by Crippen LogP contribution is 2.31. The van der Waals surface area contributed by atoms with Crippen LogP contribution >= 0.6 is 22.6 Å². The van der Waals surface area contributed by atoms with Crippen molar-refractivity contribution in [3.8, 4) is 0 Å². The Kier molecular flexibility index (Phi) is 4.71. The summed E-state index contributed by atoms with van der Waals surface area (Å²) in [5.74, 6) is 6.64. The van der Waals surface area contributed by atoms with Gasteiger partial charge in [-0.05, 0) is 46.7 Å². The Labute approximate surface area is 130 Å². The number of rotatable bonds is 4. The largest absolute Gasteiger partial charge is 0.339 e. The molecule has 2 aromatic rings. The molecular formula is C13H15FIN5. The molecule has 0 amide bonds. The van der Waals surface area contributed by atoms with E-state index >= 15 is 0 Å². The molecule has 1 aromatic heterocycles. The predicted molar refractivity (Wildman–Crippen MR) is 86.3 cm³/mol. The van der Waals surface area contributed by atoms with Gasteiger partial charge in [-0.1, -0.05) is 13.8 Å². The summed E-state index contributed by atoms with van der Waals surface area (Å²) in [5, 5.41) is 3.20. The average molecular weight is 387 g/mol. The predicted octanol–water partition coefficient (Wildman–Crippen LogP) is 3.37. The first-order valence-corrected chi connectivity index (χ1v) is 7.14. The monoisotopic (exact) mass is 387 g/mol. The number of benzene rings is 1. The fraction of sp³-hybridized carbons (Fsp3) is 0.231. The number of anilines is 3. The normalized spacial score (nSPS) is 10.7. The van der Waals surface area contributed by atoms with Gasteiger partial charge in [0.15, 0.2) is 0 Å². The van der Waals surface area contributed by atoms with E-state index in [4.69, 9.17) is 5.84 Å². The van der Waals surface area contributed by atoms with Gasteiger partial charge in [-0.3, -0.25) is 0 Å². The lowest BCUT2D eigenvalue weighted by Gasteiger charge is -2.17. The van der Waals surface area contributed by atoms with Crippen LogP contribution in [0.4, 0.5) is 21.7 Å². The van der Waals surface area contributed by atoms with Gasteiger partial charge in [-0.2, -0.15) is 0 Å². The van der Waals surface area contributed by atoms with Gasteiger partial charge in [0.05, 0.1) is 5.69 Å². The molecule has 0 spiro atoms. The number of hydrazine groups is 1. The van der Waals surface area contributed by atoms with Crippen molar-refractivity contribution in [1.29, 1.82) is 0 Å². The van der Waals surface area contributed by atoms with Crippen LogP contribution in [-0.4, -0.2) is 9.97 Å². The third-order valence-electron chi connectivity index (χ3n) is 2.78. The van der Waals surface area contributed by atoms with Crippen LogP contribution in [-0.2, 0) is 0 Å². The second-order valence-electron chi connectivity index (χ2n) is 4.53. The van der Waals surface area contributed by atoms with E-state index < -0.39 is 0 Å². The fourth-order valence-corrected chi connectivity index (χ4v) is 2.49. The smallest absolute Gasteiger partial charge is 0.148 e. The summed E-state index contributed by atoms with van der Waals surface area (Å²) in [4.78, 5) is 8.36. The van der Waals surface area contributed by atoms with Gasteiger partial charge in [-0.25, -0.2) is 20.2 Å². The molecule has 1 heterocycles. The molecule has 1 aromatic carbocycles. The molecule has 0 bridgehead atoms. The van der Waals surface area contributed by atoms with Gasteiger partial charge < -0.3 is 10.7 Å². The van der Waals surface area contributed by atoms with Crippen molar-refractivity contribution < 1.29 is 4.39 Å². The molecule has 7 heteroatoms. The SMILES string of the molecule is CC(C)c1c(NN)ncnc1Nc1ccc(F)cc1I. The van der Waals surface area contributed by atoms with Crippen LogP contribution in [0, 0.1) is 9.39 Å². The Balaban J connectivity index is 2.43. The number of nitrogen functional groups attached to an aromatic ring is 1. The van der Waals surface area contributed by atoms with Crippen molar-refractivity contribution in [2.24, 2.45) is 5.84 Å².